The fourth-order valence-electron chi connectivity index (χ4n) is 1.79. The second-order valence-corrected chi connectivity index (χ2v) is 5.22. The van der Waals surface area contributed by atoms with E-state index in [9.17, 15) is 4.79 Å². The lowest BCUT2D eigenvalue weighted by Crippen LogP contribution is -2.37. The largest absolute Gasteiger partial charge is 0.480 e. The van der Waals surface area contributed by atoms with Gasteiger partial charge in [0.25, 0.3) is 0 Å². The molecule has 0 aromatic carbocycles. The lowest BCUT2D eigenvalue weighted by atomic mass is 10.0. The van der Waals surface area contributed by atoms with Gasteiger partial charge in [0, 0.05) is 5.92 Å². The fraction of sp³-hybridized carbons (Fsp3) is 0.750. The Balaban J connectivity index is 1.85. The Labute approximate surface area is 106 Å². The predicted octanol–water partition coefficient (Wildman–Crippen LogP) is 1.54. The third-order valence-electron chi connectivity index (χ3n) is 2.92. The average molecular weight is 253 g/mol. The topological polar surface area (TPSA) is 88.3 Å². The van der Waals surface area contributed by atoms with Crippen LogP contribution >= 0.6 is 0 Å². The maximum Gasteiger partial charge on any atom is 0.320 e. The molecule has 6 heteroatoms. The van der Waals surface area contributed by atoms with Crippen molar-refractivity contribution >= 4 is 5.97 Å². The molecular weight excluding hydrogens is 234 g/mol. The quantitative estimate of drug-likeness (QED) is 0.766. The summed E-state index contributed by atoms with van der Waals surface area (Å²) < 4.78 is 5.11. The van der Waals surface area contributed by atoms with E-state index in [-0.39, 0.29) is 0 Å². The van der Waals surface area contributed by atoms with Crippen LogP contribution in [0.4, 0.5) is 0 Å². The van der Waals surface area contributed by atoms with Gasteiger partial charge in [-0.05, 0) is 25.2 Å². The first-order chi connectivity index (χ1) is 8.56. The van der Waals surface area contributed by atoms with Crippen LogP contribution in [0.5, 0.6) is 0 Å². The molecule has 2 rings (SSSR count). The van der Waals surface area contributed by atoms with E-state index in [4.69, 9.17) is 9.63 Å². The van der Waals surface area contributed by atoms with Crippen LogP contribution < -0.4 is 5.32 Å². The van der Waals surface area contributed by atoms with Crippen molar-refractivity contribution < 1.29 is 14.4 Å². The Morgan fingerprint density at radius 3 is 2.83 bits per heavy atom. The van der Waals surface area contributed by atoms with Gasteiger partial charge >= 0.3 is 5.97 Å². The number of hydrogen-bond donors (Lipinski definition) is 2. The van der Waals surface area contributed by atoms with Crippen molar-refractivity contribution in [1.29, 1.82) is 0 Å². The van der Waals surface area contributed by atoms with Crippen molar-refractivity contribution in [2.75, 3.05) is 0 Å². The molecule has 6 nitrogen and oxygen atoms in total. The van der Waals surface area contributed by atoms with Crippen LogP contribution in [0.25, 0.3) is 0 Å². The van der Waals surface area contributed by atoms with Gasteiger partial charge in [0.2, 0.25) is 5.89 Å². The molecule has 1 aliphatic carbocycles. The molecule has 0 saturated heterocycles. The first-order valence-electron chi connectivity index (χ1n) is 6.35. The molecule has 0 spiro atoms. The Kier molecular flexibility index (Phi) is 3.96. The van der Waals surface area contributed by atoms with E-state index in [2.05, 4.69) is 15.5 Å². The Hall–Kier alpha value is -1.43. The molecule has 0 bridgehead atoms. The highest BCUT2D eigenvalue weighted by Gasteiger charge is 2.29. The lowest BCUT2D eigenvalue weighted by molar-refractivity contribution is -0.140. The third-order valence-corrected chi connectivity index (χ3v) is 2.92. The first-order valence-corrected chi connectivity index (χ1v) is 6.35. The number of aromatic nitrogens is 2. The van der Waals surface area contributed by atoms with Crippen LogP contribution in [0.2, 0.25) is 0 Å². The van der Waals surface area contributed by atoms with E-state index < -0.39 is 12.0 Å². The second kappa shape index (κ2) is 5.48. The van der Waals surface area contributed by atoms with E-state index in [1.165, 1.54) is 0 Å². The molecule has 0 amide bonds. The summed E-state index contributed by atoms with van der Waals surface area (Å²) >= 11 is 0. The van der Waals surface area contributed by atoms with Crippen LogP contribution in [0, 0.1) is 5.92 Å². The normalized spacial score (nSPS) is 17.1. The summed E-state index contributed by atoms with van der Waals surface area (Å²) in [6.45, 7) is 4.33. The number of nitrogens with zero attached hydrogens (tertiary/aromatic N) is 2. The monoisotopic (exact) mass is 253 g/mol. The van der Waals surface area contributed by atoms with E-state index in [1.807, 2.05) is 13.8 Å². The number of carbonyl (C=O) groups is 1. The summed E-state index contributed by atoms with van der Waals surface area (Å²) in [7, 11) is 0. The third kappa shape index (κ3) is 3.53. The summed E-state index contributed by atoms with van der Waals surface area (Å²) in [5, 5.41) is 15.9. The molecule has 1 aliphatic rings. The lowest BCUT2D eigenvalue weighted by Gasteiger charge is -2.14. The highest BCUT2D eigenvalue weighted by atomic mass is 16.5. The first kappa shape index (κ1) is 13.0. The summed E-state index contributed by atoms with van der Waals surface area (Å²) in [6, 6.07) is -0.562. The van der Waals surface area contributed by atoms with Crippen molar-refractivity contribution in [2.24, 2.45) is 5.92 Å². The van der Waals surface area contributed by atoms with Gasteiger partial charge in [-0.25, -0.2) is 0 Å². The van der Waals surface area contributed by atoms with Gasteiger partial charge in [0.1, 0.15) is 6.04 Å². The molecular formula is C12H19N3O3. The Bertz CT molecular complexity index is 412. The number of carboxylic acids is 1. The minimum atomic E-state index is -0.838. The maximum atomic E-state index is 11.1. The van der Waals surface area contributed by atoms with Crippen LogP contribution in [0.1, 0.15) is 50.7 Å². The van der Waals surface area contributed by atoms with E-state index >= 15 is 0 Å². The van der Waals surface area contributed by atoms with Crippen molar-refractivity contribution in [2.45, 2.75) is 51.6 Å². The van der Waals surface area contributed by atoms with Gasteiger partial charge in [0.05, 0.1) is 6.54 Å². The van der Waals surface area contributed by atoms with Gasteiger partial charge in [-0.15, -0.1) is 0 Å². The second-order valence-electron chi connectivity index (χ2n) is 5.22. The molecule has 100 valence electrons. The van der Waals surface area contributed by atoms with Crippen molar-refractivity contribution in [3.63, 3.8) is 0 Å². The van der Waals surface area contributed by atoms with Crippen molar-refractivity contribution in [1.82, 2.24) is 15.5 Å². The van der Waals surface area contributed by atoms with Crippen molar-refractivity contribution in [3.8, 4) is 0 Å². The summed E-state index contributed by atoms with van der Waals surface area (Å²) in [6.07, 6.45) is 2.81. The van der Waals surface area contributed by atoms with Gasteiger partial charge in [-0.1, -0.05) is 19.0 Å². The Morgan fingerprint density at radius 2 is 2.28 bits per heavy atom. The molecule has 0 aliphatic heterocycles. The molecule has 1 saturated carbocycles. The van der Waals surface area contributed by atoms with Gasteiger partial charge in [-0.3, -0.25) is 10.1 Å². The summed E-state index contributed by atoms with van der Waals surface area (Å²) in [4.78, 5) is 15.3. The highest BCUT2D eigenvalue weighted by molar-refractivity contribution is 5.73. The average Bonchev–Trinajstić information content (AvgIpc) is 3.04. The molecule has 2 N–H and O–H groups in total. The standard InChI is InChI=1S/C12H19N3O3/c1-7(2)5-9(12(16)17)13-6-10-14-11(18-15-10)8-3-4-8/h7-9,13H,3-6H2,1-2H3,(H,16,17). The minimum absolute atomic E-state index is 0.325. The Morgan fingerprint density at radius 1 is 1.56 bits per heavy atom. The zero-order chi connectivity index (χ0) is 13.1. The van der Waals surface area contributed by atoms with Crippen molar-refractivity contribution in [3.05, 3.63) is 11.7 Å². The fourth-order valence-corrected chi connectivity index (χ4v) is 1.79. The van der Waals surface area contributed by atoms with Crippen LogP contribution in [0.3, 0.4) is 0 Å². The molecule has 1 atom stereocenters. The van der Waals surface area contributed by atoms with Crippen LogP contribution in [-0.2, 0) is 11.3 Å². The number of carboxylic acid groups (broad SMARTS) is 1. The molecule has 18 heavy (non-hydrogen) atoms. The SMILES string of the molecule is CC(C)CC(NCc1noc(C2CC2)n1)C(=O)O. The van der Waals surface area contributed by atoms with Gasteiger partial charge < -0.3 is 9.63 Å². The molecule has 0 radical (unpaired) electrons. The van der Waals surface area contributed by atoms with E-state index in [0.29, 0.717) is 36.5 Å². The molecule has 1 aromatic rings. The van der Waals surface area contributed by atoms with Gasteiger partial charge in [0.15, 0.2) is 5.82 Å². The predicted molar refractivity (Wildman–Crippen MR) is 64.0 cm³/mol. The molecule has 1 unspecified atom stereocenters. The summed E-state index contributed by atoms with van der Waals surface area (Å²) in [5.41, 5.74) is 0. The number of aliphatic carboxylic acids is 1. The zero-order valence-electron chi connectivity index (χ0n) is 10.7. The zero-order valence-corrected chi connectivity index (χ0v) is 10.7. The minimum Gasteiger partial charge on any atom is -0.480 e. The molecule has 1 fully saturated rings. The van der Waals surface area contributed by atoms with E-state index in [1.54, 1.807) is 0 Å². The highest BCUT2D eigenvalue weighted by Crippen LogP contribution is 2.38. The number of nitrogens with one attached hydrogen (secondary N) is 1. The smallest absolute Gasteiger partial charge is 0.320 e. The van der Waals surface area contributed by atoms with Crippen LogP contribution in [-0.4, -0.2) is 27.3 Å². The van der Waals surface area contributed by atoms with Crippen LogP contribution in [0.15, 0.2) is 4.52 Å². The number of rotatable bonds is 7. The number of hydrogen-bond acceptors (Lipinski definition) is 5. The molecule has 1 heterocycles. The molecule has 1 aromatic heterocycles. The maximum absolute atomic E-state index is 11.1. The van der Waals surface area contributed by atoms with E-state index in [0.717, 1.165) is 12.8 Å². The summed E-state index contributed by atoms with van der Waals surface area (Å²) in [5.74, 6) is 1.13. The van der Waals surface area contributed by atoms with Gasteiger partial charge in [-0.2, -0.15) is 4.98 Å².